The van der Waals surface area contributed by atoms with Crippen LogP contribution in [0.2, 0.25) is 0 Å². The van der Waals surface area contributed by atoms with Gasteiger partial charge >= 0.3 is 0 Å². The zero-order chi connectivity index (χ0) is 9.26. The second-order valence-electron chi connectivity index (χ2n) is 3.18. The van der Waals surface area contributed by atoms with Crippen LogP contribution in [0.4, 0.5) is 0 Å². The van der Waals surface area contributed by atoms with Crippen LogP contribution < -0.4 is 4.74 Å². The van der Waals surface area contributed by atoms with Crippen molar-refractivity contribution in [2.75, 3.05) is 13.2 Å². The van der Waals surface area contributed by atoms with Gasteiger partial charge in [0, 0.05) is 4.47 Å². The number of aryl methyl sites for hydroxylation is 1. The summed E-state index contributed by atoms with van der Waals surface area (Å²) in [5.41, 5.74) is 1.16. The van der Waals surface area contributed by atoms with Crippen molar-refractivity contribution in [1.29, 1.82) is 0 Å². The number of epoxide rings is 1. The van der Waals surface area contributed by atoms with Crippen molar-refractivity contribution in [2.45, 2.75) is 13.0 Å². The van der Waals surface area contributed by atoms with Gasteiger partial charge in [-0.05, 0) is 24.6 Å². The molecule has 1 aromatic carbocycles. The molecule has 1 aliphatic heterocycles. The van der Waals surface area contributed by atoms with Gasteiger partial charge in [-0.2, -0.15) is 0 Å². The van der Waals surface area contributed by atoms with Crippen LogP contribution in [0, 0.1) is 6.92 Å². The van der Waals surface area contributed by atoms with Gasteiger partial charge in [-0.15, -0.1) is 0 Å². The van der Waals surface area contributed by atoms with Gasteiger partial charge in [0.2, 0.25) is 0 Å². The zero-order valence-electron chi connectivity index (χ0n) is 7.42. The Hall–Kier alpha value is -0.540. The number of ether oxygens (including phenoxy) is 2. The summed E-state index contributed by atoms with van der Waals surface area (Å²) in [6, 6.07) is 6.03. The van der Waals surface area contributed by atoms with Crippen LogP contribution >= 0.6 is 15.9 Å². The third-order valence-corrected chi connectivity index (χ3v) is 2.47. The molecule has 13 heavy (non-hydrogen) atoms. The molecular formula is C10H11BrO2. The van der Waals surface area contributed by atoms with Crippen LogP contribution in [0.1, 0.15) is 5.56 Å². The molecular weight excluding hydrogens is 232 g/mol. The molecule has 0 amide bonds. The Balaban J connectivity index is 2.03. The second-order valence-corrected chi connectivity index (χ2v) is 4.09. The summed E-state index contributed by atoms with van der Waals surface area (Å²) in [6.07, 6.45) is 0.318. The maximum Gasteiger partial charge on any atom is 0.123 e. The first-order chi connectivity index (χ1) is 6.25. The molecule has 0 aliphatic carbocycles. The van der Waals surface area contributed by atoms with Crippen molar-refractivity contribution in [3.05, 3.63) is 28.2 Å². The van der Waals surface area contributed by atoms with E-state index < -0.39 is 0 Å². The third kappa shape index (κ3) is 2.45. The maximum absolute atomic E-state index is 5.59. The highest BCUT2D eigenvalue weighted by Gasteiger charge is 2.23. The Kier molecular flexibility index (Phi) is 2.56. The summed E-state index contributed by atoms with van der Waals surface area (Å²) < 4.78 is 11.7. The molecule has 1 fully saturated rings. The molecule has 1 aromatic rings. The molecule has 2 rings (SSSR count). The number of hydrogen-bond donors (Lipinski definition) is 0. The van der Waals surface area contributed by atoms with Crippen LogP contribution in [-0.4, -0.2) is 19.3 Å². The Morgan fingerprint density at radius 2 is 2.38 bits per heavy atom. The van der Waals surface area contributed by atoms with Crippen LogP contribution in [0.5, 0.6) is 5.75 Å². The monoisotopic (exact) mass is 242 g/mol. The molecule has 0 saturated carbocycles. The standard InChI is InChI=1S/C10H11BrO2/c1-7-2-3-8(11)4-10(7)13-6-9-5-12-9/h2-4,9H,5-6H2,1H3/t9-/m1/s1. The van der Waals surface area contributed by atoms with Crippen molar-refractivity contribution in [3.8, 4) is 5.75 Å². The molecule has 1 heterocycles. The van der Waals surface area contributed by atoms with Crippen LogP contribution in [-0.2, 0) is 4.74 Å². The molecule has 0 N–H and O–H groups in total. The van der Waals surface area contributed by atoms with Crippen LogP contribution in [0.3, 0.4) is 0 Å². The van der Waals surface area contributed by atoms with Gasteiger partial charge in [-0.1, -0.05) is 22.0 Å². The SMILES string of the molecule is Cc1ccc(Br)cc1OC[C@H]1CO1. The van der Waals surface area contributed by atoms with Gasteiger partial charge in [0.25, 0.3) is 0 Å². The lowest BCUT2D eigenvalue weighted by molar-refractivity contribution is 0.261. The molecule has 0 spiro atoms. The lowest BCUT2D eigenvalue weighted by atomic mass is 10.2. The van der Waals surface area contributed by atoms with E-state index in [0.29, 0.717) is 12.7 Å². The van der Waals surface area contributed by atoms with E-state index in [4.69, 9.17) is 9.47 Å². The fourth-order valence-electron chi connectivity index (χ4n) is 1.08. The first-order valence-electron chi connectivity index (χ1n) is 4.26. The first-order valence-corrected chi connectivity index (χ1v) is 5.05. The van der Waals surface area contributed by atoms with Gasteiger partial charge in [0.1, 0.15) is 18.5 Å². The van der Waals surface area contributed by atoms with E-state index in [-0.39, 0.29) is 0 Å². The fraction of sp³-hybridized carbons (Fsp3) is 0.400. The van der Waals surface area contributed by atoms with Crippen molar-refractivity contribution < 1.29 is 9.47 Å². The highest BCUT2D eigenvalue weighted by atomic mass is 79.9. The summed E-state index contributed by atoms with van der Waals surface area (Å²) in [5, 5.41) is 0. The minimum absolute atomic E-state index is 0.318. The van der Waals surface area contributed by atoms with Gasteiger partial charge in [-0.25, -0.2) is 0 Å². The van der Waals surface area contributed by atoms with E-state index in [0.717, 1.165) is 22.4 Å². The summed E-state index contributed by atoms with van der Waals surface area (Å²) in [7, 11) is 0. The summed E-state index contributed by atoms with van der Waals surface area (Å²) in [6.45, 7) is 3.54. The van der Waals surface area contributed by atoms with Crippen molar-refractivity contribution in [2.24, 2.45) is 0 Å². The highest BCUT2D eigenvalue weighted by Crippen LogP contribution is 2.23. The van der Waals surface area contributed by atoms with Gasteiger partial charge in [0.15, 0.2) is 0 Å². The first kappa shape index (κ1) is 9.03. The molecule has 0 aromatic heterocycles. The minimum Gasteiger partial charge on any atom is -0.490 e. The second kappa shape index (κ2) is 3.68. The molecule has 0 bridgehead atoms. The molecule has 0 radical (unpaired) electrons. The molecule has 70 valence electrons. The molecule has 1 aliphatic rings. The molecule has 0 unspecified atom stereocenters. The lowest BCUT2D eigenvalue weighted by Crippen LogP contribution is -2.04. The average Bonchev–Trinajstić information content (AvgIpc) is 2.90. The van der Waals surface area contributed by atoms with Gasteiger partial charge in [0.05, 0.1) is 6.61 Å². The van der Waals surface area contributed by atoms with Gasteiger partial charge < -0.3 is 9.47 Å². The van der Waals surface area contributed by atoms with E-state index in [9.17, 15) is 0 Å². The zero-order valence-corrected chi connectivity index (χ0v) is 9.00. The fourth-order valence-corrected chi connectivity index (χ4v) is 1.42. The Morgan fingerprint density at radius 1 is 1.62 bits per heavy atom. The van der Waals surface area contributed by atoms with E-state index in [1.165, 1.54) is 0 Å². The van der Waals surface area contributed by atoms with Gasteiger partial charge in [-0.3, -0.25) is 0 Å². The molecule has 3 heteroatoms. The van der Waals surface area contributed by atoms with Crippen molar-refractivity contribution in [3.63, 3.8) is 0 Å². The van der Waals surface area contributed by atoms with Crippen molar-refractivity contribution >= 4 is 15.9 Å². The molecule has 1 saturated heterocycles. The van der Waals surface area contributed by atoms with E-state index in [1.54, 1.807) is 0 Å². The third-order valence-electron chi connectivity index (χ3n) is 1.98. The quantitative estimate of drug-likeness (QED) is 0.761. The number of benzene rings is 1. The Labute approximate surface area is 86.0 Å². The van der Waals surface area contributed by atoms with Crippen LogP contribution in [0.15, 0.2) is 22.7 Å². The largest absolute Gasteiger partial charge is 0.490 e. The number of rotatable bonds is 3. The van der Waals surface area contributed by atoms with Crippen molar-refractivity contribution in [1.82, 2.24) is 0 Å². The summed E-state index contributed by atoms with van der Waals surface area (Å²) in [5.74, 6) is 0.935. The van der Waals surface area contributed by atoms with E-state index in [1.807, 2.05) is 25.1 Å². The topological polar surface area (TPSA) is 21.8 Å². The minimum atomic E-state index is 0.318. The number of halogens is 1. The average molecular weight is 243 g/mol. The molecule has 2 nitrogen and oxygen atoms in total. The lowest BCUT2D eigenvalue weighted by Gasteiger charge is -2.07. The predicted octanol–water partition coefficient (Wildman–Crippen LogP) is 2.54. The summed E-state index contributed by atoms with van der Waals surface area (Å²) >= 11 is 3.41. The Bertz CT molecular complexity index is 308. The number of hydrogen-bond acceptors (Lipinski definition) is 2. The highest BCUT2D eigenvalue weighted by molar-refractivity contribution is 9.10. The predicted molar refractivity (Wildman–Crippen MR) is 54.1 cm³/mol. The normalized spacial score (nSPS) is 20.0. The smallest absolute Gasteiger partial charge is 0.123 e. The Morgan fingerprint density at radius 3 is 3.08 bits per heavy atom. The van der Waals surface area contributed by atoms with E-state index >= 15 is 0 Å². The summed E-state index contributed by atoms with van der Waals surface area (Å²) in [4.78, 5) is 0. The van der Waals surface area contributed by atoms with Crippen LogP contribution in [0.25, 0.3) is 0 Å². The maximum atomic E-state index is 5.59. The van der Waals surface area contributed by atoms with E-state index in [2.05, 4.69) is 15.9 Å². The molecule has 1 atom stereocenters.